The molecule has 0 saturated heterocycles. The Morgan fingerprint density at radius 1 is 1.00 bits per heavy atom. The van der Waals surface area contributed by atoms with Crippen molar-refractivity contribution in [2.24, 2.45) is 0 Å². The number of amides is 3. The van der Waals surface area contributed by atoms with Crippen LogP contribution in [-0.4, -0.2) is 43.3 Å². The number of anilines is 1. The first kappa shape index (κ1) is 16.7. The zero-order chi connectivity index (χ0) is 18.0. The molecule has 0 N–H and O–H groups in total. The molecule has 25 heavy (non-hydrogen) atoms. The van der Waals surface area contributed by atoms with Gasteiger partial charge in [-0.2, -0.15) is 0 Å². The molecule has 0 atom stereocenters. The molecule has 6 heteroatoms. The number of imide groups is 1. The number of carbonyl (C=O) groups excluding carboxylic acids is 3. The fourth-order valence-electron chi connectivity index (χ4n) is 2.77. The van der Waals surface area contributed by atoms with Gasteiger partial charge in [-0.25, -0.2) is 0 Å². The second kappa shape index (κ2) is 6.76. The van der Waals surface area contributed by atoms with E-state index in [-0.39, 0.29) is 30.7 Å². The van der Waals surface area contributed by atoms with Crippen LogP contribution in [0.1, 0.15) is 27.1 Å². The monoisotopic (exact) mass is 338 g/mol. The zero-order valence-corrected chi connectivity index (χ0v) is 14.1. The standard InChI is InChI=1S/C19H18N2O4/c1-20(13-7-9-14(25-2)10-8-13)17(22)11-12-21-18(23)15-5-3-4-6-16(15)19(21)24/h3-10H,11-12H2,1-2H3. The molecular formula is C19H18N2O4. The summed E-state index contributed by atoms with van der Waals surface area (Å²) in [4.78, 5) is 39.6. The van der Waals surface area contributed by atoms with Crippen LogP contribution in [0.15, 0.2) is 48.5 Å². The number of nitrogens with zero attached hydrogens (tertiary/aromatic N) is 2. The Bertz CT molecular complexity index is 795. The average Bonchev–Trinajstić information content (AvgIpc) is 2.90. The molecule has 0 bridgehead atoms. The minimum Gasteiger partial charge on any atom is -0.497 e. The Kier molecular flexibility index (Phi) is 4.52. The molecule has 1 heterocycles. The highest BCUT2D eigenvalue weighted by Crippen LogP contribution is 2.23. The van der Waals surface area contributed by atoms with Crippen molar-refractivity contribution in [2.45, 2.75) is 6.42 Å². The Morgan fingerprint density at radius 3 is 2.08 bits per heavy atom. The highest BCUT2D eigenvalue weighted by molar-refractivity contribution is 6.21. The van der Waals surface area contributed by atoms with Crippen LogP contribution in [0.4, 0.5) is 5.69 Å². The number of methoxy groups -OCH3 is 1. The summed E-state index contributed by atoms with van der Waals surface area (Å²) in [5.41, 5.74) is 1.50. The van der Waals surface area contributed by atoms with Gasteiger partial charge in [0.25, 0.3) is 11.8 Å². The normalized spacial score (nSPS) is 13.0. The summed E-state index contributed by atoms with van der Waals surface area (Å²) in [6.45, 7) is 0.0612. The minimum absolute atomic E-state index is 0.0612. The third-order valence-electron chi connectivity index (χ3n) is 4.26. The number of benzene rings is 2. The predicted molar refractivity (Wildman–Crippen MR) is 92.8 cm³/mol. The Morgan fingerprint density at radius 2 is 1.56 bits per heavy atom. The Hall–Kier alpha value is -3.15. The molecule has 128 valence electrons. The van der Waals surface area contributed by atoms with Gasteiger partial charge in [-0.3, -0.25) is 19.3 Å². The summed E-state index contributed by atoms with van der Waals surface area (Å²) in [5, 5.41) is 0. The second-order valence-corrected chi connectivity index (χ2v) is 5.71. The first-order valence-corrected chi connectivity index (χ1v) is 7.88. The fraction of sp³-hybridized carbons (Fsp3) is 0.211. The van der Waals surface area contributed by atoms with Crippen LogP contribution in [0.2, 0.25) is 0 Å². The number of hydrogen-bond acceptors (Lipinski definition) is 4. The Labute approximate surface area is 145 Å². The van der Waals surface area contributed by atoms with Crippen molar-refractivity contribution in [1.82, 2.24) is 4.90 Å². The molecule has 0 aliphatic carbocycles. The lowest BCUT2D eigenvalue weighted by molar-refractivity contribution is -0.118. The van der Waals surface area contributed by atoms with E-state index in [1.165, 1.54) is 4.90 Å². The van der Waals surface area contributed by atoms with Crippen molar-refractivity contribution >= 4 is 23.4 Å². The summed E-state index contributed by atoms with van der Waals surface area (Å²) in [6, 6.07) is 13.8. The molecule has 0 unspecified atom stereocenters. The van der Waals surface area contributed by atoms with Crippen molar-refractivity contribution in [2.75, 3.05) is 25.6 Å². The highest BCUT2D eigenvalue weighted by atomic mass is 16.5. The maximum atomic E-state index is 12.4. The SMILES string of the molecule is COc1ccc(N(C)C(=O)CCN2C(=O)c3ccccc3C2=O)cc1. The first-order valence-electron chi connectivity index (χ1n) is 7.88. The molecule has 0 aromatic heterocycles. The van der Waals surface area contributed by atoms with E-state index in [0.717, 1.165) is 4.90 Å². The van der Waals surface area contributed by atoms with Crippen molar-refractivity contribution in [1.29, 1.82) is 0 Å². The third kappa shape index (κ3) is 3.10. The van der Waals surface area contributed by atoms with Gasteiger partial charge in [0.15, 0.2) is 0 Å². The quantitative estimate of drug-likeness (QED) is 0.785. The molecular weight excluding hydrogens is 320 g/mol. The summed E-state index contributed by atoms with van der Waals surface area (Å²) in [5.74, 6) is -0.168. The van der Waals surface area contributed by atoms with Gasteiger partial charge in [-0.1, -0.05) is 12.1 Å². The first-order chi connectivity index (χ1) is 12.0. The number of hydrogen-bond donors (Lipinski definition) is 0. The van der Waals surface area contributed by atoms with E-state index in [1.54, 1.807) is 62.7 Å². The molecule has 0 radical (unpaired) electrons. The molecule has 3 rings (SSSR count). The van der Waals surface area contributed by atoms with Crippen LogP contribution in [-0.2, 0) is 4.79 Å². The van der Waals surface area contributed by atoms with Crippen molar-refractivity contribution in [3.63, 3.8) is 0 Å². The van der Waals surface area contributed by atoms with E-state index >= 15 is 0 Å². The van der Waals surface area contributed by atoms with E-state index < -0.39 is 0 Å². The molecule has 1 aliphatic rings. The zero-order valence-electron chi connectivity index (χ0n) is 14.1. The summed E-state index contributed by atoms with van der Waals surface area (Å²) in [6.07, 6.45) is 0.0635. The van der Waals surface area contributed by atoms with E-state index in [1.807, 2.05) is 0 Å². The lowest BCUT2D eigenvalue weighted by Crippen LogP contribution is -2.35. The van der Waals surface area contributed by atoms with Crippen LogP contribution in [0.25, 0.3) is 0 Å². The third-order valence-corrected chi connectivity index (χ3v) is 4.26. The fourth-order valence-corrected chi connectivity index (χ4v) is 2.77. The summed E-state index contributed by atoms with van der Waals surface area (Å²) < 4.78 is 5.09. The molecule has 0 saturated carbocycles. The Balaban J connectivity index is 1.64. The summed E-state index contributed by atoms with van der Waals surface area (Å²) in [7, 11) is 3.23. The van der Waals surface area contributed by atoms with Gasteiger partial charge in [0.1, 0.15) is 5.75 Å². The smallest absolute Gasteiger partial charge is 0.261 e. The van der Waals surface area contributed by atoms with Gasteiger partial charge in [-0.15, -0.1) is 0 Å². The van der Waals surface area contributed by atoms with Crippen molar-refractivity contribution in [3.05, 3.63) is 59.7 Å². The van der Waals surface area contributed by atoms with Crippen molar-refractivity contribution < 1.29 is 19.1 Å². The van der Waals surface area contributed by atoms with Gasteiger partial charge < -0.3 is 9.64 Å². The molecule has 0 spiro atoms. The van der Waals surface area contributed by atoms with Crippen LogP contribution in [0.3, 0.4) is 0 Å². The van der Waals surface area contributed by atoms with E-state index in [9.17, 15) is 14.4 Å². The number of rotatable bonds is 5. The van der Waals surface area contributed by atoms with E-state index in [0.29, 0.717) is 22.6 Å². The van der Waals surface area contributed by atoms with Gasteiger partial charge in [0.05, 0.1) is 18.2 Å². The highest BCUT2D eigenvalue weighted by Gasteiger charge is 2.35. The number of carbonyl (C=O) groups is 3. The molecule has 2 aromatic carbocycles. The average molecular weight is 338 g/mol. The molecule has 3 amide bonds. The summed E-state index contributed by atoms with van der Waals surface area (Å²) >= 11 is 0. The van der Waals surface area contributed by atoms with Gasteiger partial charge in [-0.05, 0) is 36.4 Å². The van der Waals surface area contributed by atoms with Gasteiger partial charge in [0, 0.05) is 25.7 Å². The van der Waals surface area contributed by atoms with Crippen LogP contribution in [0.5, 0.6) is 5.75 Å². The number of fused-ring (bicyclic) bond motifs is 1. The molecule has 0 fully saturated rings. The van der Waals surface area contributed by atoms with Gasteiger partial charge >= 0.3 is 0 Å². The predicted octanol–water partition coefficient (Wildman–Crippen LogP) is 2.34. The maximum absolute atomic E-state index is 12.4. The second-order valence-electron chi connectivity index (χ2n) is 5.71. The van der Waals surface area contributed by atoms with E-state index in [4.69, 9.17) is 4.74 Å². The lowest BCUT2D eigenvalue weighted by Gasteiger charge is -2.19. The molecule has 1 aliphatic heterocycles. The lowest BCUT2D eigenvalue weighted by atomic mass is 10.1. The van der Waals surface area contributed by atoms with Crippen LogP contribution < -0.4 is 9.64 Å². The molecule has 2 aromatic rings. The molecule has 6 nitrogen and oxygen atoms in total. The van der Waals surface area contributed by atoms with Gasteiger partial charge in [0.2, 0.25) is 5.91 Å². The topological polar surface area (TPSA) is 66.9 Å². The maximum Gasteiger partial charge on any atom is 0.261 e. The number of ether oxygens (including phenoxy) is 1. The minimum atomic E-state index is -0.347. The van der Waals surface area contributed by atoms with Crippen molar-refractivity contribution in [3.8, 4) is 5.75 Å². The van der Waals surface area contributed by atoms with Crippen LogP contribution in [0, 0.1) is 0 Å². The largest absolute Gasteiger partial charge is 0.497 e. The van der Waals surface area contributed by atoms with Crippen LogP contribution >= 0.6 is 0 Å². The van der Waals surface area contributed by atoms with E-state index in [2.05, 4.69) is 0 Å².